The van der Waals surface area contributed by atoms with E-state index in [9.17, 15) is 0 Å². The van der Waals surface area contributed by atoms with Crippen molar-refractivity contribution in [3.8, 4) is 5.69 Å². The maximum absolute atomic E-state index is 5.90. The number of nitrogens with zero attached hydrogens (tertiary/aromatic N) is 4. The third-order valence-corrected chi connectivity index (χ3v) is 6.08. The first-order valence-electron chi connectivity index (χ1n) is 10.5. The molecule has 4 rings (SSSR count). The van der Waals surface area contributed by atoms with Gasteiger partial charge in [-0.25, -0.2) is 4.68 Å². The SMILES string of the molecule is COCCOC1CCN(C2CCN(c3ccc(-n4cccn4)cc3)CC2)CC1. The molecule has 0 spiro atoms. The van der Waals surface area contributed by atoms with Crippen LogP contribution in [0.1, 0.15) is 25.7 Å². The highest BCUT2D eigenvalue weighted by atomic mass is 16.5. The molecule has 2 aliphatic rings. The molecule has 0 amide bonds. The molecule has 3 heterocycles. The Balaban J connectivity index is 1.23. The zero-order valence-electron chi connectivity index (χ0n) is 16.9. The Bertz CT molecular complexity index is 688. The minimum absolute atomic E-state index is 0.416. The monoisotopic (exact) mass is 384 g/mol. The van der Waals surface area contributed by atoms with Crippen molar-refractivity contribution in [3.63, 3.8) is 0 Å². The Morgan fingerprint density at radius 1 is 0.929 bits per heavy atom. The number of ether oxygens (including phenoxy) is 2. The number of hydrogen-bond acceptors (Lipinski definition) is 5. The molecule has 0 saturated carbocycles. The largest absolute Gasteiger partial charge is 0.382 e. The topological polar surface area (TPSA) is 42.8 Å². The average molecular weight is 385 g/mol. The molecule has 152 valence electrons. The third-order valence-electron chi connectivity index (χ3n) is 6.08. The molecular formula is C22H32N4O2. The molecule has 6 nitrogen and oxygen atoms in total. The van der Waals surface area contributed by atoms with Crippen molar-refractivity contribution in [2.24, 2.45) is 0 Å². The summed E-state index contributed by atoms with van der Waals surface area (Å²) in [4.78, 5) is 5.21. The lowest BCUT2D eigenvalue weighted by atomic mass is 9.98. The van der Waals surface area contributed by atoms with Crippen LogP contribution < -0.4 is 4.90 Å². The number of likely N-dealkylation sites (tertiary alicyclic amines) is 1. The van der Waals surface area contributed by atoms with Crippen molar-refractivity contribution in [1.29, 1.82) is 0 Å². The fraction of sp³-hybridized carbons (Fsp3) is 0.591. The Morgan fingerprint density at radius 2 is 1.64 bits per heavy atom. The Morgan fingerprint density at radius 3 is 2.29 bits per heavy atom. The zero-order valence-corrected chi connectivity index (χ0v) is 16.9. The van der Waals surface area contributed by atoms with Gasteiger partial charge in [-0.15, -0.1) is 0 Å². The number of benzene rings is 1. The van der Waals surface area contributed by atoms with Crippen LogP contribution in [0.25, 0.3) is 5.69 Å². The van der Waals surface area contributed by atoms with Crippen LogP contribution >= 0.6 is 0 Å². The van der Waals surface area contributed by atoms with Crippen LogP contribution in [0.3, 0.4) is 0 Å². The van der Waals surface area contributed by atoms with Crippen LogP contribution in [0, 0.1) is 0 Å². The highest BCUT2D eigenvalue weighted by Gasteiger charge is 2.28. The maximum atomic E-state index is 5.90. The van der Waals surface area contributed by atoms with Gasteiger partial charge in [0.05, 0.1) is 25.0 Å². The molecule has 28 heavy (non-hydrogen) atoms. The molecule has 1 aromatic heterocycles. The molecule has 0 unspecified atom stereocenters. The number of rotatable bonds is 7. The zero-order chi connectivity index (χ0) is 19.2. The van der Waals surface area contributed by atoms with Crippen molar-refractivity contribution >= 4 is 5.69 Å². The van der Waals surface area contributed by atoms with E-state index in [0.717, 1.165) is 44.3 Å². The number of aromatic nitrogens is 2. The van der Waals surface area contributed by atoms with E-state index in [2.05, 4.69) is 39.2 Å². The van der Waals surface area contributed by atoms with Crippen LogP contribution in [0.15, 0.2) is 42.7 Å². The molecule has 0 N–H and O–H groups in total. The Kier molecular flexibility index (Phi) is 6.62. The first-order valence-corrected chi connectivity index (χ1v) is 10.5. The van der Waals surface area contributed by atoms with Gasteiger partial charge < -0.3 is 19.3 Å². The van der Waals surface area contributed by atoms with Gasteiger partial charge >= 0.3 is 0 Å². The number of hydrogen-bond donors (Lipinski definition) is 0. The fourth-order valence-electron chi connectivity index (χ4n) is 4.43. The number of methoxy groups -OCH3 is 1. The van der Waals surface area contributed by atoms with Gasteiger partial charge in [-0.05, 0) is 56.0 Å². The molecule has 1 aromatic carbocycles. The summed E-state index contributed by atoms with van der Waals surface area (Å²) in [5.74, 6) is 0. The van der Waals surface area contributed by atoms with Gasteiger partial charge in [0.25, 0.3) is 0 Å². The fourth-order valence-corrected chi connectivity index (χ4v) is 4.43. The summed E-state index contributed by atoms with van der Waals surface area (Å²) in [6, 6.07) is 11.4. The molecule has 0 aliphatic carbocycles. The van der Waals surface area contributed by atoms with Gasteiger partial charge in [0, 0.05) is 57.4 Å². The van der Waals surface area contributed by atoms with Crippen molar-refractivity contribution < 1.29 is 9.47 Å². The van der Waals surface area contributed by atoms with E-state index in [4.69, 9.17) is 9.47 Å². The van der Waals surface area contributed by atoms with Crippen LogP contribution in [-0.4, -0.2) is 73.3 Å². The third kappa shape index (κ3) is 4.74. The summed E-state index contributed by atoms with van der Waals surface area (Å²) < 4.78 is 12.9. The van der Waals surface area contributed by atoms with E-state index in [1.807, 2.05) is 23.1 Å². The van der Waals surface area contributed by atoms with E-state index in [-0.39, 0.29) is 0 Å². The molecule has 2 saturated heterocycles. The van der Waals surface area contributed by atoms with Gasteiger partial charge in [0.1, 0.15) is 0 Å². The highest BCUT2D eigenvalue weighted by molar-refractivity contribution is 5.51. The molecule has 6 heteroatoms. The van der Waals surface area contributed by atoms with Crippen molar-refractivity contribution in [3.05, 3.63) is 42.7 Å². The molecule has 0 bridgehead atoms. The second-order valence-electron chi connectivity index (χ2n) is 7.78. The quantitative estimate of drug-likeness (QED) is 0.687. The van der Waals surface area contributed by atoms with Gasteiger partial charge in [0.15, 0.2) is 0 Å². The van der Waals surface area contributed by atoms with Crippen molar-refractivity contribution in [1.82, 2.24) is 14.7 Å². The van der Waals surface area contributed by atoms with Crippen LogP contribution in [-0.2, 0) is 9.47 Å². The van der Waals surface area contributed by atoms with Crippen LogP contribution in [0.5, 0.6) is 0 Å². The summed E-state index contributed by atoms with van der Waals surface area (Å²) in [7, 11) is 1.73. The van der Waals surface area contributed by atoms with Crippen molar-refractivity contribution in [2.75, 3.05) is 51.4 Å². The van der Waals surface area contributed by atoms with Crippen molar-refractivity contribution in [2.45, 2.75) is 37.8 Å². The smallest absolute Gasteiger partial charge is 0.0704 e. The first kappa shape index (κ1) is 19.4. The van der Waals surface area contributed by atoms with E-state index in [0.29, 0.717) is 12.7 Å². The molecular weight excluding hydrogens is 352 g/mol. The standard InChI is InChI=1S/C22H32N4O2/c1-27-17-18-28-22-9-15-25(16-10-22)20-7-13-24(14-8-20)19-3-5-21(6-4-19)26-12-2-11-23-26/h2-6,11-12,20,22H,7-10,13-18H2,1H3. The Hall–Kier alpha value is -1.89. The normalized spacial score (nSPS) is 20.0. The first-order chi connectivity index (χ1) is 13.8. The predicted molar refractivity (Wildman–Crippen MR) is 111 cm³/mol. The van der Waals surface area contributed by atoms with Gasteiger partial charge in [-0.1, -0.05) is 0 Å². The second kappa shape index (κ2) is 9.54. The summed E-state index contributed by atoms with van der Waals surface area (Å²) in [6.45, 7) is 6.02. The van der Waals surface area contributed by atoms with E-state index in [1.165, 1.54) is 31.6 Å². The van der Waals surface area contributed by atoms with Gasteiger partial charge in [-0.3, -0.25) is 0 Å². The van der Waals surface area contributed by atoms with Gasteiger partial charge in [0.2, 0.25) is 0 Å². The lowest BCUT2D eigenvalue weighted by molar-refractivity contribution is -0.0229. The molecule has 2 fully saturated rings. The van der Waals surface area contributed by atoms with Crippen LogP contribution in [0.2, 0.25) is 0 Å². The molecule has 0 atom stereocenters. The summed E-state index contributed by atoms with van der Waals surface area (Å²) in [5.41, 5.74) is 2.43. The van der Waals surface area contributed by atoms with Crippen LogP contribution in [0.4, 0.5) is 5.69 Å². The summed E-state index contributed by atoms with van der Waals surface area (Å²) in [5, 5.41) is 4.30. The summed E-state index contributed by atoms with van der Waals surface area (Å²) in [6.07, 6.45) is 9.00. The number of piperidine rings is 2. The second-order valence-corrected chi connectivity index (χ2v) is 7.78. The molecule has 2 aromatic rings. The minimum Gasteiger partial charge on any atom is -0.382 e. The lowest BCUT2D eigenvalue weighted by Gasteiger charge is -2.42. The van der Waals surface area contributed by atoms with Gasteiger partial charge in [-0.2, -0.15) is 5.10 Å². The predicted octanol–water partition coefficient (Wildman–Crippen LogP) is 2.97. The van der Waals surface area contributed by atoms with E-state index < -0.39 is 0 Å². The minimum atomic E-state index is 0.416. The van der Waals surface area contributed by atoms with E-state index in [1.54, 1.807) is 7.11 Å². The lowest BCUT2D eigenvalue weighted by Crippen LogP contribution is -2.48. The van der Waals surface area contributed by atoms with E-state index >= 15 is 0 Å². The highest BCUT2D eigenvalue weighted by Crippen LogP contribution is 2.26. The number of anilines is 1. The summed E-state index contributed by atoms with van der Waals surface area (Å²) >= 11 is 0. The average Bonchev–Trinajstić information content (AvgIpc) is 3.30. The molecule has 2 aliphatic heterocycles. The molecule has 0 radical (unpaired) electrons. The Labute approximate surface area is 168 Å². The maximum Gasteiger partial charge on any atom is 0.0704 e.